The zero-order chi connectivity index (χ0) is 19.4. The summed E-state index contributed by atoms with van der Waals surface area (Å²) in [5.41, 5.74) is 4.82. The van der Waals surface area contributed by atoms with E-state index >= 15 is 0 Å². The summed E-state index contributed by atoms with van der Waals surface area (Å²) < 4.78 is 1.86. The van der Waals surface area contributed by atoms with Crippen molar-refractivity contribution < 1.29 is 4.79 Å². The van der Waals surface area contributed by atoms with Crippen LogP contribution in [0.5, 0.6) is 0 Å². The first kappa shape index (κ1) is 17.4. The third-order valence-electron chi connectivity index (χ3n) is 6.52. The van der Waals surface area contributed by atoms with Crippen LogP contribution in [-0.2, 0) is 7.05 Å². The van der Waals surface area contributed by atoms with Gasteiger partial charge < -0.3 is 9.47 Å². The topological polar surface area (TPSA) is 54.3 Å². The number of nitrogens with zero attached hydrogens (tertiary/aromatic N) is 5. The number of rotatable bonds is 2. The van der Waals surface area contributed by atoms with Gasteiger partial charge in [-0.05, 0) is 37.1 Å². The lowest BCUT2D eigenvalue weighted by Gasteiger charge is -2.28. The summed E-state index contributed by atoms with van der Waals surface area (Å²) in [5.74, 6) is 1.06. The van der Waals surface area contributed by atoms with Crippen LogP contribution in [0, 0.1) is 18.8 Å². The van der Waals surface area contributed by atoms with Crippen molar-refractivity contribution in [2.45, 2.75) is 13.0 Å². The lowest BCUT2D eigenvalue weighted by Crippen LogP contribution is -2.33. The standard InChI is InChI=1S/C22H25N5O/c1-14-6-4-5-7-16(14)20-18-12-27(11-15(18)10-25(20)2)22(28)17-8-9-23-21-19(17)24-13-26(21)3/h4-9,13,15,18,20H,10-12H2,1-3H3/t15-,18+,20-/m0/s1. The van der Waals surface area contributed by atoms with Crippen LogP contribution >= 0.6 is 0 Å². The number of benzene rings is 1. The van der Waals surface area contributed by atoms with Gasteiger partial charge in [-0.25, -0.2) is 9.97 Å². The molecule has 0 spiro atoms. The number of aromatic nitrogens is 3. The molecule has 2 aliphatic heterocycles. The lowest BCUT2D eigenvalue weighted by molar-refractivity contribution is 0.0769. The number of likely N-dealkylation sites (tertiary alicyclic amines) is 2. The summed E-state index contributed by atoms with van der Waals surface area (Å²) in [6.45, 7) is 4.82. The van der Waals surface area contributed by atoms with Gasteiger partial charge >= 0.3 is 0 Å². The maximum Gasteiger partial charge on any atom is 0.256 e. The molecule has 144 valence electrons. The smallest absolute Gasteiger partial charge is 0.256 e. The first-order valence-electron chi connectivity index (χ1n) is 9.85. The van der Waals surface area contributed by atoms with Gasteiger partial charge in [0.15, 0.2) is 5.65 Å². The van der Waals surface area contributed by atoms with E-state index in [1.165, 1.54) is 11.1 Å². The average Bonchev–Trinajstić information content (AvgIpc) is 3.35. The van der Waals surface area contributed by atoms with Crippen molar-refractivity contribution in [1.82, 2.24) is 24.3 Å². The van der Waals surface area contributed by atoms with Crippen molar-refractivity contribution >= 4 is 17.1 Å². The highest BCUT2D eigenvalue weighted by molar-refractivity contribution is 6.04. The maximum atomic E-state index is 13.3. The highest BCUT2D eigenvalue weighted by Gasteiger charge is 2.47. The molecule has 0 unspecified atom stereocenters. The van der Waals surface area contributed by atoms with E-state index in [0.717, 1.165) is 25.3 Å². The van der Waals surface area contributed by atoms with Crippen molar-refractivity contribution in [3.05, 3.63) is 59.5 Å². The number of hydrogen-bond acceptors (Lipinski definition) is 4. The third-order valence-corrected chi connectivity index (χ3v) is 6.52. The molecule has 0 saturated carbocycles. The molecular formula is C22H25N5O. The van der Waals surface area contributed by atoms with Crippen LogP contribution in [0.2, 0.25) is 0 Å². The first-order valence-corrected chi connectivity index (χ1v) is 9.85. The molecule has 5 rings (SSSR count). The van der Waals surface area contributed by atoms with E-state index in [0.29, 0.717) is 29.0 Å². The summed E-state index contributed by atoms with van der Waals surface area (Å²) in [5, 5.41) is 0. The SMILES string of the molecule is Cc1ccccc1[C@H]1[C@@H]2CN(C(=O)c3ccnc4c3ncn4C)C[C@@H]2CN1C. The second kappa shape index (κ2) is 6.41. The molecule has 3 aromatic rings. The summed E-state index contributed by atoms with van der Waals surface area (Å²) in [6, 6.07) is 10.8. The third kappa shape index (κ3) is 2.55. The monoisotopic (exact) mass is 375 g/mol. The molecule has 0 bridgehead atoms. The van der Waals surface area contributed by atoms with E-state index in [9.17, 15) is 4.79 Å². The first-order chi connectivity index (χ1) is 13.5. The Morgan fingerprint density at radius 3 is 2.71 bits per heavy atom. The molecule has 6 heteroatoms. The van der Waals surface area contributed by atoms with Crippen molar-refractivity contribution in [3.8, 4) is 0 Å². The number of hydrogen-bond donors (Lipinski definition) is 0. The number of pyridine rings is 1. The van der Waals surface area contributed by atoms with Crippen LogP contribution < -0.4 is 0 Å². The zero-order valence-electron chi connectivity index (χ0n) is 16.5. The molecule has 1 amide bonds. The number of imidazole rings is 1. The van der Waals surface area contributed by atoms with Crippen LogP contribution in [0.4, 0.5) is 0 Å². The highest BCUT2D eigenvalue weighted by atomic mass is 16.2. The minimum atomic E-state index is 0.0756. The predicted molar refractivity (Wildman–Crippen MR) is 108 cm³/mol. The van der Waals surface area contributed by atoms with E-state index in [4.69, 9.17) is 0 Å². The molecule has 0 N–H and O–H groups in total. The molecule has 2 fully saturated rings. The molecule has 1 aromatic carbocycles. The second-order valence-electron chi connectivity index (χ2n) is 8.26. The Morgan fingerprint density at radius 1 is 1.07 bits per heavy atom. The van der Waals surface area contributed by atoms with E-state index < -0.39 is 0 Å². The Hall–Kier alpha value is -2.73. The molecular weight excluding hydrogens is 350 g/mol. The van der Waals surface area contributed by atoms with Gasteiger partial charge in [-0.2, -0.15) is 0 Å². The van der Waals surface area contributed by atoms with E-state index in [1.54, 1.807) is 18.6 Å². The fraction of sp³-hybridized carbons (Fsp3) is 0.409. The molecule has 4 heterocycles. The molecule has 3 atom stereocenters. The zero-order valence-corrected chi connectivity index (χ0v) is 16.5. The minimum absolute atomic E-state index is 0.0756. The van der Waals surface area contributed by atoms with E-state index in [-0.39, 0.29) is 5.91 Å². The van der Waals surface area contributed by atoms with Gasteiger partial charge in [0.1, 0.15) is 5.52 Å². The molecule has 0 aliphatic carbocycles. The summed E-state index contributed by atoms with van der Waals surface area (Å²) in [7, 11) is 4.11. The Morgan fingerprint density at radius 2 is 1.89 bits per heavy atom. The van der Waals surface area contributed by atoms with Crippen LogP contribution in [-0.4, -0.2) is 56.9 Å². The number of carbonyl (C=O) groups excluding carboxylic acids is 1. The maximum absolute atomic E-state index is 13.3. The fourth-order valence-corrected chi connectivity index (χ4v) is 5.18. The minimum Gasteiger partial charge on any atom is -0.338 e. The van der Waals surface area contributed by atoms with Crippen molar-refractivity contribution in [2.75, 3.05) is 26.7 Å². The van der Waals surface area contributed by atoms with Gasteiger partial charge in [0.2, 0.25) is 0 Å². The Labute approximate surface area is 164 Å². The highest BCUT2D eigenvalue weighted by Crippen LogP contribution is 2.45. The Balaban J connectivity index is 1.44. The lowest BCUT2D eigenvalue weighted by atomic mass is 9.88. The fourth-order valence-electron chi connectivity index (χ4n) is 5.18. The van der Waals surface area contributed by atoms with Gasteiger partial charge in [0, 0.05) is 44.8 Å². The summed E-state index contributed by atoms with van der Waals surface area (Å²) in [6.07, 6.45) is 3.42. The number of aryl methyl sites for hydroxylation is 2. The second-order valence-corrected chi connectivity index (χ2v) is 8.26. The van der Waals surface area contributed by atoms with Crippen LogP contribution in [0.25, 0.3) is 11.2 Å². The van der Waals surface area contributed by atoms with Crippen molar-refractivity contribution in [3.63, 3.8) is 0 Å². The van der Waals surface area contributed by atoms with Gasteiger partial charge in [-0.3, -0.25) is 9.69 Å². The van der Waals surface area contributed by atoms with Crippen LogP contribution in [0.3, 0.4) is 0 Å². The molecule has 28 heavy (non-hydrogen) atoms. The Bertz CT molecular complexity index is 1060. The van der Waals surface area contributed by atoms with E-state index in [1.807, 2.05) is 16.5 Å². The summed E-state index contributed by atoms with van der Waals surface area (Å²) in [4.78, 5) is 26.6. The quantitative estimate of drug-likeness (QED) is 0.691. The average molecular weight is 375 g/mol. The molecule has 2 aliphatic rings. The molecule has 2 aromatic heterocycles. The predicted octanol–water partition coefficient (Wildman–Crippen LogP) is 2.65. The van der Waals surface area contributed by atoms with Crippen LogP contribution in [0.1, 0.15) is 27.5 Å². The van der Waals surface area contributed by atoms with Gasteiger partial charge in [-0.1, -0.05) is 24.3 Å². The van der Waals surface area contributed by atoms with E-state index in [2.05, 4.69) is 53.1 Å². The number of amides is 1. The largest absolute Gasteiger partial charge is 0.338 e. The van der Waals surface area contributed by atoms with Crippen LogP contribution in [0.15, 0.2) is 42.9 Å². The molecule has 2 saturated heterocycles. The molecule has 6 nitrogen and oxygen atoms in total. The number of fused-ring (bicyclic) bond motifs is 2. The van der Waals surface area contributed by atoms with Gasteiger partial charge in [0.25, 0.3) is 5.91 Å². The van der Waals surface area contributed by atoms with Gasteiger partial charge in [-0.15, -0.1) is 0 Å². The summed E-state index contributed by atoms with van der Waals surface area (Å²) >= 11 is 0. The number of carbonyl (C=O) groups is 1. The van der Waals surface area contributed by atoms with Crippen molar-refractivity contribution in [1.29, 1.82) is 0 Å². The van der Waals surface area contributed by atoms with Crippen molar-refractivity contribution in [2.24, 2.45) is 18.9 Å². The normalized spacial score (nSPS) is 24.8. The Kier molecular flexibility index (Phi) is 3.98. The molecule has 0 radical (unpaired) electrons. The van der Waals surface area contributed by atoms with Gasteiger partial charge in [0.05, 0.1) is 11.9 Å².